The van der Waals surface area contributed by atoms with Crippen molar-refractivity contribution in [3.8, 4) is 5.69 Å². The van der Waals surface area contributed by atoms with Gasteiger partial charge in [-0.2, -0.15) is 13.2 Å². The molecule has 5 rings (SSSR count). The van der Waals surface area contributed by atoms with Crippen LogP contribution in [0.15, 0.2) is 108 Å². The Morgan fingerprint density at radius 3 is 2.03 bits per heavy atom. The van der Waals surface area contributed by atoms with Crippen LogP contribution in [0.5, 0.6) is 0 Å². The zero-order valence-corrected chi connectivity index (χ0v) is 20.6. The summed E-state index contributed by atoms with van der Waals surface area (Å²) in [6.07, 6.45) is -4.97. The Bertz CT molecular complexity index is 1670. The van der Waals surface area contributed by atoms with Gasteiger partial charge in [0.05, 0.1) is 10.9 Å². The van der Waals surface area contributed by atoms with Gasteiger partial charge in [0.1, 0.15) is 5.82 Å². The molecule has 0 saturated carbocycles. The fourth-order valence-corrected chi connectivity index (χ4v) is 4.30. The van der Waals surface area contributed by atoms with Gasteiger partial charge in [0.15, 0.2) is 11.1 Å². The molecule has 0 spiro atoms. The van der Waals surface area contributed by atoms with E-state index in [1.165, 1.54) is 4.57 Å². The number of nitrogens with one attached hydrogen (secondary N) is 2. The number of benzene rings is 3. The second kappa shape index (κ2) is 10.8. The Kier molecular flexibility index (Phi) is 7.14. The fraction of sp³-hybridized carbons (Fsp3) is 0.100. The molecule has 5 aromatic rings. The van der Waals surface area contributed by atoms with Gasteiger partial charge in [-0.3, -0.25) is 14.2 Å². The first-order valence-corrected chi connectivity index (χ1v) is 12.2. The number of carbonyl (C=O) groups is 1. The number of carbonyl (C=O) groups excluding carboxylic acids is 1. The van der Waals surface area contributed by atoms with Crippen LogP contribution < -0.4 is 16.1 Å². The molecule has 0 aliphatic carbocycles. The number of aromatic nitrogens is 2. The summed E-state index contributed by atoms with van der Waals surface area (Å²) in [7, 11) is 0. The summed E-state index contributed by atoms with van der Waals surface area (Å²) >= 11 is 0. The Morgan fingerprint density at radius 1 is 0.821 bits per heavy atom. The molecule has 6 nitrogen and oxygen atoms in total. The van der Waals surface area contributed by atoms with Crippen molar-refractivity contribution in [2.24, 2.45) is 0 Å². The molecule has 196 valence electrons. The molecule has 0 saturated heterocycles. The Balaban J connectivity index is 1.64. The van der Waals surface area contributed by atoms with Crippen molar-refractivity contribution in [2.75, 3.05) is 10.6 Å². The number of amides is 1. The number of anilines is 3. The third-order valence-electron chi connectivity index (χ3n) is 6.05. The molecule has 0 aliphatic heterocycles. The van der Waals surface area contributed by atoms with Crippen LogP contribution in [0.3, 0.4) is 0 Å². The Morgan fingerprint density at radius 2 is 1.41 bits per heavy atom. The van der Waals surface area contributed by atoms with Gasteiger partial charge in [0, 0.05) is 35.2 Å². The van der Waals surface area contributed by atoms with Crippen LogP contribution in [0.4, 0.5) is 30.4 Å². The second-order valence-electron chi connectivity index (χ2n) is 8.83. The van der Waals surface area contributed by atoms with Crippen molar-refractivity contribution in [1.82, 2.24) is 9.55 Å². The van der Waals surface area contributed by atoms with Crippen LogP contribution in [0.1, 0.15) is 17.7 Å². The molecule has 0 aliphatic rings. The summed E-state index contributed by atoms with van der Waals surface area (Å²) < 4.78 is 44.3. The van der Waals surface area contributed by atoms with Crippen LogP contribution in [0, 0.1) is 0 Å². The molecule has 0 atom stereocenters. The molecule has 39 heavy (non-hydrogen) atoms. The lowest BCUT2D eigenvalue weighted by Crippen LogP contribution is -2.20. The average molecular weight is 529 g/mol. The van der Waals surface area contributed by atoms with Crippen molar-refractivity contribution >= 4 is 34.1 Å². The van der Waals surface area contributed by atoms with E-state index in [0.717, 1.165) is 12.1 Å². The third kappa shape index (κ3) is 5.82. The standard InChI is InChI=1S/C30H23F3N4O2/c31-30(32,33)24-18-22(16-17-27(39)35-21-12-6-2-7-13-21)36-29-28(24)25(38)19-26(34-20-10-4-1-5-11-20)37(29)23-14-8-3-9-15-23/h1-15,18-19,34H,16-17H2,(H,35,39). The Hall–Kier alpha value is -4.92. The van der Waals surface area contributed by atoms with Gasteiger partial charge >= 0.3 is 6.18 Å². The quantitative estimate of drug-likeness (QED) is 0.246. The number of para-hydroxylation sites is 3. The van der Waals surface area contributed by atoms with Crippen molar-refractivity contribution in [1.29, 1.82) is 0 Å². The predicted molar refractivity (Wildman–Crippen MR) is 145 cm³/mol. The highest BCUT2D eigenvalue weighted by atomic mass is 19.4. The minimum atomic E-state index is -4.82. The highest BCUT2D eigenvalue weighted by Crippen LogP contribution is 2.35. The van der Waals surface area contributed by atoms with Crippen LogP contribution in [-0.2, 0) is 17.4 Å². The van der Waals surface area contributed by atoms with Gasteiger partial charge in [-0.1, -0.05) is 54.6 Å². The van der Waals surface area contributed by atoms with Gasteiger partial charge in [-0.15, -0.1) is 0 Å². The number of halogens is 3. The van der Waals surface area contributed by atoms with E-state index in [9.17, 15) is 22.8 Å². The number of hydrogen-bond donors (Lipinski definition) is 2. The van der Waals surface area contributed by atoms with Gasteiger partial charge < -0.3 is 10.6 Å². The smallest absolute Gasteiger partial charge is 0.341 e. The molecule has 0 fully saturated rings. The fourth-order valence-electron chi connectivity index (χ4n) is 4.30. The van der Waals surface area contributed by atoms with E-state index in [4.69, 9.17) is 0 Å². The minimum Gasteiger partial charge on any atom is -0.341 e. The van der Waals surface area contributed by atoms with E-state index >= 15 is 0 Å². The molecule has 0 bridgehead atoms. The molecular weight excluding hydrogens is 505 g/mol. The highest BCUT2D eigenvalue weighted by molar-refractivity contribution is 5.91. The predicted octanol–water partition coefficient (Wildman–Crippen LogP) is 6.72. The van der Waals surface area contributed by atoms with Crippen LogP contribution >= 0.6 is 0 Å². The van der Waals surface area contributed by atoms with Crippen LogP contribution in [0.25, 0.3) is 16.7 Å². The average Bonchev–Trinajstić information content (AvgIpc) is 2.93. The summed E-state index contributed by atoms with van der Waals surface area (Å²) in [6.45, 7) is 0. The lowest BCUT2D eigenvalue weighted by atomic mass is 10.1. The monoisotopic (exact) mass is 528 g/mol. The third-order valence-corrected chi connectivity index (χ3v) is 6.05. The van der Waals surface area contributed by atoms with E-state index in [1.807, 2.05) is 6.07 Å². The van der Waals surface area contributed by atoms with Crippen molar-refractivity contribution in [2.45, 2.75) is 19.0 Å². The lowest BCUT2D eigenvalue weighted by Gasteiger charge is -2.20. The van der Waals surface area contributed by atoms with E-state index in [0.29, 0.717) is 17.1 Å². The number of hydrogen-bond acceptors (Lipinski definition) is 4. The lowest BCUT2D eigenvalue weighted by molar-refractivity contribution is -0.136. The maximum atomic E-state index is 14.3. The maximum Gasteiger partial charge on any atom is 0.417 e. The molecule has 2 N–H and O–H groups in total. The summed E-state index contributed by atoms with van der Waals surface area (Å²) in [5, 5.41) is 5.32. The first kappa shape index (κ1) is 25.7. The van der Waals surface area contributed by atoms with E-state index in [2.05, 4.69) is 15.6 Å². The van der Waals surface area contributed by atoms with E-state index < -0.39 is 22.6 Å². The summed E-state index contributed by atoms with van der Waals surface area (Å²) in [6, 6.07) is 28.5. The SMILES string of the molecule is O=C(CCc1cc(C(F)(F)F)c2c(=O)cc(Nc3ccccc3)n(-c3ccccc3)c2n1)Nc1ccccc1. The topological polar surface area (TPSA) is 76.0 Å². The van der Waals surface area contributed by atoms with Crippen LogP contribution in [-0.4, -0.2) is 15.5 Å². The number of alkyl halides is 3. The first-order chi connectivity index (χ1) is 18.8. The molecule has 0 unspecified atom stereocenters. The van der Waals surface area contributed by atoms with Crippen molar-refractivity contribution in [3.05, 3.63) is 125 Å². The number of rotatable bonds is 7. The molecule has 2 heterocycles. The molecule has 1 amide bonds. The first-order valence-electron chi connectivity index (χ1n) is 12.2. The van der Waals surface area contributed by atoms with E-state index in [-0.39, 0.29) is 35.9 Å². The van der Waals surface area contributed by atoms with Gasteiger partial charge in [0.2, 0.25) is 5.91 Å². The minimum absolute atomic E-state index is 0.0407. The maximum absolute atomic E-state index is 14.3. The number of nitrogens with zero attached hydrogens (tertiary/aromatic N) is 2. The second-order valence-corrected chi connectivity index (χ2v) is 8.83. The van der Waals surface area contributed by atoms with Crippen LogP contribution in [0.2, 0.25) is 0 Å². The number of pyridine rings is 2. The Labute approximate surface area is 221 Å². The van der Waals surface area contributed by atoms with Crippen molar-refractivity contribution in [3.63, 3.8) is 0 Å². The summed E-state index contributed by atoms with van der Waals surface area (Å²) in [5.41, 5.74) is -0.277. The van der Waals surface area contributed by atoms with E-state index in [1.54, 1.807) is 84.9 Å². The molecule has 9 heteroatoms. The highest BCUT2D eigenvalue weighted by Gasteiger charge is 2.35. The van der Waals surface area contributed by atoms with Crippen molar-refractivity contribution < 1.29 is 18.0 Å². The van der Waals surface area contributed by atoms with Gasteiger partial charge in [-0.25, -0.2) is 4.98 Å². The molecule has 0 radical (unpaired) electrons. The molecular formula is C30H23F3N4O2. The summed E-state index contributed by atoms with van der Waals surface area (Å²) in [5.74, 6) is -0.110. The normalized spacial score (nSPS) is 11.4. The largest absolute Gasteiger partial charge is 0.417 e. The van der Waals surface area contributed by atoms with Gasteiger partial charge in [0.25, 0.3) is 0 Å². The zero-order chi connectivity index (χ0) is 27.4. The molecule has 2 aromatic heterocycles. The van der Waals surface area contributed by atoms with Gasteiger partial charge in [-0.05, 0) is 48.9 Å². The molecule has 3 aromatic carbocycles. The zero-order valence-electron chi connectivity index (χ0n) is 20.6. The number of aryl methyl sites for hydroxylation is 1. The summed E-state index contributed by atoms with van der Waals surface area (Å²) in [4.78, 5) is 30.2. The number of fused-ring (bicyclic) bond motifs is 1.